The number of nitrogens with zero attached hydrogens (tertiary/aromatic N) is 5. The summed E-state index contributed by atoms with van der Waals surface area (Å²) < 4.78 is 6.30. The highest BCUT2D eigenvalue weighted by Crippen LogP contribution is 2.16. The van der Waals surface area contributed by atoms with Crippen molar-refractivity contribution in [3.05, 3.63) is 32.7 Å². The summed E-state index contributed by atoms with van der Waals surface area (Å²) in [6.07, 6.45) is 1.85. The molecule has 0 aliphatic heterocycles. The second kappa shape index (κ2) is 4.77. The molecule has 0 aliphatic carbocycles. The number of rotatable bonds is 3. The van der Waals surface area contributed by atoms with Gasteiger partial charge in [-0.05, 0) is 13.8 Å². The average molecular weight is 310 g/mol. The molecule has 0 unspecified atom stereocenters. The van der Waals surface area contributed by atoms with Gasteiger partial charge in [0.25, 0.3) is 5.56 Å². The van der Waals surface area contributed by atoms with E-state index in [2.05, 4.69) is 4.98 Å². The van der Waals surface area contributed by atoms with Crippen LogP contribution in [0.5, 0.6) is 0 Å². The van der Waals surface area contributed by atoms with Gasteiger partial charge in [-0.1, -0.05) is 0 Å². The minimum Gasteiger partial charge on any atom is -0.313 e. The van der Waals surface area contributed by atoms with Crippen molar-refractivity contribution >= 4 is 28.5 Å². The molecule has 0 fully saturated rings. The average Bonchev–Trinajstić information content (AvgIpc) is 2.95. The van der Waals surface area contributed by atoms with E-state index in [0.717, 1.165) is 5.69 Å². The van der Waals surface area contributed by atoms with Crippen LogP contribution in [-0.4, -0.2) is 29.0 Å². The van der Waals surface area contributed by atoms with E-state index in [1.54, 1.807) is 18.4 Å². The lowest BCUT2D eigenvalue weighted by atomic mass is 10.4. The van der Waals surface area contributed by atoms with Crippen molar-refractivity contribution in [2.75, 3.05) is 5.88 Å². The zero-order valence-electron chi connectivity index (χ0n) is 12.1. The molecule has 3 aromatic rings. The molecule has 0 saturated heterocycles. The first-order chi connectivity index (χ1) is 10.0. The first-order valence-corrected chi connectivity index (χ1v) is 7.28. The van der Waals surface area contributed by atoms with Gasteiger partial charge in [-0.3, -0.25) is 18.3 Å². The number of imidazole rings is 2. The lowest BCUT2D eigenvalue weighted by Crippen LogP contribution is -2.38. The summed E-state index contributed by atoms with van der Waals surface area (Å²) in [6.45, 7) is 4.64. The molecule has 8 heteroatoms. The Labute approximate surface area is 125 Å². The number of alkyl halides is 1. The fourth-order valence-corrected chi connectivity index (χ4v) is 2.86. The zero-order valence-corrected chi connectivity index (χ0v) is 12.9. The largest absolute Gasteiger partial charge is 0.332 e. The Morgan fingerprint density at radius 2 is 2.00 bits per heavy atom. The Hall–Kier alpha value is -2.02. The van der Waals surface area contributed by atoms with E-state index in [-0.39, 0.29) is 11.2 Å². The van der Waals surface area contributed by atoms with E-state index in [0.29, 0.717) is 35.9 Å². The summed E-state index contributed by atoms with van der Waals surface area (Å²) in [5.74, 6) is 1.08. The molecule has 0 saturated carbocycles. The predicted octanol–water partition coefficient (Wildman–Crippen LogP) is 0.717. The first kappa shape index (κ1) is 13.9. The summed E-state index contributed by atoms with van der Waals surface area (Å²) in [6, 6.07) is 0. The van der Waals surface area contributed by atoms with Gasteiger partial charge in [0.15, 0.2) is 11.2 Å². The van der Waals surface area contributed by atoms with Gasteiger partial charge < -0.3 is 4.57 Å². The Morgan fingerprint density at radius 1 is 1.29 bits per heavy atom. The summed E-state index contributed by atoms with van der Waals surface area (Å²) in [7, 11) is 1.63. The van der Waals surface area contributed by atoms with Gasteiger partial charge in [-0.25, -0.2) is 4.79 Å². The minimum atomic E-state index is -0.351. The molecule has 0 bridgehead atoms. The lowest BCUT2D eigenvalue weighted by molar-refractivity contribution is 0.637. The normalized spacial score (nSPS) is 11.8. The monoisotopic (exact) mass is 309 g/mol. The van der Waals surface area contributed by atoms with E-state index < -0.39 is 0 Å². The molecule has 7 nitrogen and oxygen atoms in total. The molecule has 0 aromatic carbocycles. The third-order valence-corrected chi connectivity index (χ3v) is 3.93. The van der Waals surface area contributed by atoms with E-state index in [1.807, 2.05) is 17.7 Å². The molecule has 0 radical (unpaired) electrons. The van der Waals surface area contributed by atoms with Crippen molar-refractivity contribution in [3.8, 4) is 0 Å². The van der Waals surface area contributed by atoms with E-state index >= 15 is 0 Å². The maximum atomic E-state index is 12.5. The summed E-state index contributed by atoms with van der Waals surface area (Å²) in [4.78, 5) is 29.2. The molecule has 3 aromatic heterocycles. The highest BCUT2D eigenvalue weighted by molar-refractivity contribution is 6.17. The maximum Gasteiger partial charge on any atom is 0.332 e. The van der Waals surface area contributed by atoms with Gasteiger partial charge in [-0.15, -0.1) is 11.6 Å². The summed E-state index contributed by atoms with van der Waals surface area (Å²) >= 11 is 5.82. The van der Waals surface area contributed by atoms with Crippen LogP contribution < -0.4 is 11.2 Å². The van der Waals surface area contributed by atoms with Gasteiger partial charge in [0, 0.05) is 37.9 Å². The molecule has 0 spiro atoms. The van der Waals surface area contributed by atoms with E-state index in [9.17, 15) is 9.59 Å². The van der Waals surface area contributed by atoms with E-state index in [1.165, 1.54) is 9.13 Å². The van der Waals surface area contributed by atoms with Gasteiger partial charge in [-0.2, -0.15) is 4.98 Å². The molecule has 0 aliphatic rings. The third kappa shape index (κ3) is 1.77. The Morgan fingerprint density at radius 3 is 2.62 bits per heavy atom. The molecule has 0 atom stereocenters. The fourth-order valence-electron chi connectivity index (χ4n) is 2.69. The van der Waals surface area contributed by atoms with Crippen molar-refractivity contribution in [1.82, 2.24) is 23.1 Å². The van der Waals surface area contributed by atoms with Crippen molar-refractivity contribution < 1.29 is 0 Å². The van der Waals surface area contributed by atoms with Crippen LogP contribution in [0.1, 0.15) is 12.6 Å². The van der Waals surface area contributed by atoms with Gasteiger partial charge in [0.2, 0.25) is 5.78 Å². The number of fused-ring (bicyclic) bond motifs is 3. The highest BCUT2D eigenvalue weighted by Gasteiger charge is 2.19. The molecule has 3 heterocycles. The maximum absolute atomic E-state index is 12.5. The molecule has 112 valence electrons. The van der Waals surface area contributed by atoms with Gasteiger partial charge in [0.05, 0.1) is 0 Å². The lowest BCUT2D eigenvalue weighted by Gasteiger charge is -2.04. The zero-order chi connectivity index (χ0) is 15.3. The standard InChI is InChI=1S/C13H16ClN5O2/c1-4-17-11(20)9-10(16(3)13(17)21)15-12-18(6-5-14)8(2)7-19(9)12/h7H,4-6H2,1-3H3. The Kier molecular flexibility index (Phi) is 3.16. The smallest absolute Gasteiger partial charge is 0.313 e. The number of hydrogen-bond donors (Lipinski definition) is 0. The fraction of sp³-hybridized carbons (Fsp3) is 0.462. The Balaban J connectivity index is 2.55. The predicted molar refractivity (Wildman–Crippen MR) is 81.3 cm³/mol. The van der Waals surface area contributed by atoms with Crippen LogP contribution in [0, 0.1) is 6.92 Å². The Bertz CT molecular complexity index is 959. The number of aromatic nitrogens is 5. The highest BCUT2D eigenvalue weighted by atomic mass is 35.5. The molecule has 0 N–H and O–H groups in total. The van der Waals surface area contributed by atoms with Crippen LogP contribution in [0.4, 0.5) is 0 Å². The summed E-state index contributed by atoms with van der Waals surface area (Å²) in [5, 5.41) is 0. The number of halogens is 1. The van der Waals surface area contributed by atoms with Crippen molar-refractivity contribution in [1.29, 1.82) is 0 Å². The van der Waals surface area contributed by atoms with Gasteiger partial charge in [0.1, 0.15) is 0 Å². The van der Waals surface area contributed by atoms with Crippen LogP contribution >= 0.6 is 11.6 Å². The van der Waals surface area contributed by atoms with Crippen LogP contribution in [0.3, 0.4) is 0 Å². The summed E-state index contributed by atoms with van der Waals surface area (Å²) in [5.41, 5.74) is 1.12. The third-order valence-electron chi connectivity index (χ3n) is 3.76. The van der Waals surface area contributed by atoms with Crippen LogP contribution in [0.15, 0.2) is 15.8 Å². The van der Waals surface area contributed by atoms with Crippen molar-refractivity contribution in [2.24, 2.45) is 7.05 Å². The van der Waals surface area contributed by atoms with E-state index in [4.69, 9.17) is 11.6 Å². The van der Waals surface area contributed by atoms with Crippen molar-refractivity contribution in [2.45, 2.75) is 26.9 Å². The molecular weight excluding hydrogens is 294 g/mol. The SMILES string of the molecule is CCn1c(=O)c2c(nc3n(CCCl)c(C)cn23)n(C)c1=O. The van der Waals surface area contributed by atoms with Crippen molar-refractivity contribution in [3.63, 3.8) is 0 Å². The van der Waals surface area contributed by atoms with Crippen LogP contribution in [-0.2, 0) is 20.1 Å². The first-order valence-electron chi connectivity index (χ1n) is 6.75. The number of aryl methyl sites for hydroxylation is 3. The molecule has 21 heavy (non-hydrogen) atoms. The topological polar surface area (TPSA) is 66.2 Å². The van der Waals surface area contributed by atoms with Crippen LogP contribution in [0.2, 0.25) is 0 Å². The molecule has 3 rings (SSSR count). The molecule has 0 amide bonds. The number of hydrogen-bond acceptors (Lipinski definition) is 3. The second-order valence-corrected chi connectivity index (χ2v) is 5.33. The second-order valence-electron chi connectivity index (χ2n) is 4.96. The van der Waals surface area contributed by atoms with Gasteiger partial charge >= 0.3 is 5.69 Å². The minimum absolute atomic E-state index is 0.314. The van der Waals surface area contributed by atoms with Crippen LogP contribution in [0.25, 0.3) is 16.9 Å². The molecular formula is C13H16ClN5O2. The quantitative estimate of drug-likeness (QED) is 0.670.